The van der Waals surface area contributed by atoms with Crippen LogP contribution in [-0.2, 0) is 6.54 Å². The lowest BCUT2D eigenvalue weighted by Crippen LogP contribution is -2.07. The van der Waals surface area contributed by atoms with E-state index in [0.29, 0.717) is 17.5 Å². The first-order valence-corrected chi connectivity index (χ1v) is 6.49. The number of nitrogens with one attached hydrogen (secondary N) is 1. The van der Waals surface area contributed by atoms with Gasteiger partial charge in [-0.3, -0.25) is 0 Å². The van der Waals surface area contributed by atoms with Crippen molar-refractivity contribution < 1.29 is 0 Å². The zero-order valence-electron chi connectivity index (χ0n) is 11.2. The Morgan fingerprint density at radius 1 is 1.26 bits per heavy atom. The maximum Gasteiger partial charge on any atom is 0.135 e. The number of aromatic nitrogens is 4. The highest BCUT2D eigenvalue weighted by atomic mass is 35.5. The average Bonchev–Trinajstić information content (AvgIpc) is 2.36. The molecular formula is C13H16ClN5. The minimum Gasteiger partial charge on any atom is -0.364 e. The van der Waals surface area contributed by atoms with Crippen molar-refractivity contribution in [2.75, 3.05) is 5.32 Å². The highest BCUT2D eigenvalue weighted by Gasteiger charge is 2.07. The third-order valence-corrected chi connectivity index (χ3v) is 2.71. The van der Waals surface area contributed by atoms with E-state index in [0.717, 1.165) is 17.3 Å². The molecule has 5 nitrogen and oxygen atoms in total. The molecule has 0 aliphatic rings. The van der Waals surface area contributed by atoms with Crippen molar-refractivity contribution in [3.8, 4) is 0 Å². The molecule has 6 heteroatoms. The third-order valence-electron chi connectivity index (χ3n) is 2.51. The van der Waals surface area contributed by atoms with E-state index in [1.165, 1.54) is 0 Å². The average molecular weight is 278 g/mol. The highest BCUT2D eigenvalue weighted by Crippen LogP contribution is 2.17. The van der Waals surface area contributed by atoms with E-state index in [1.54, 1.807) is 12.3 Å². The Bertz CT molecular complexity index is 571. The maximum absolute atomic E-state index is 5.98. The van der Waals surface area contributed by atoms with Gasteiger partial charge in [0.25, 0.3) is 0 Å². The van der Waals surface area contributed by atoms with Gasteiger partial charge in [-0.2, -0.15) is 0 Å². The first-order chi connectivity index (χ1) is 9.04. The molecule has 2 aromatic heterocycles. The van der Waals surface area contributed by atoms with Crippen molar-refractivity contribution in [1.82, 2.24) is 19.9 Å². The molecule has 0 bridgehead atoms. The van der Waals surface area contributed by atoms with Crippen LogP contribution in [0.5, 0.6) is 0 Å². The molecule has 0 aliphatic carbocycles. The lowest BCUT2D eigenvalue weighted by Gasteiger charge is -2.09. The second kappa shape index (κ2) is 5.93. The number of anilines is 1. The Morgan fingerprint density at radius 3 is 2.74 bits per heavy atom. The summed E-state index contributed by atoms with van der Waals surface area (Å²) in [5.41, 5.74) is 0.910. The molecule has 0 aromatic carbocycles. The second-order valence-corrected chi connectivity index (χ2v) is 4.92. The van der Waals surface area contributed by atoms with Crippen LogP contribution in [0.3, 0.4) is 0 Å². The second-order valence-electron chi connectivity index (χ2n) is 4.54. The zero-order chi connectivity index (χ0) is 13.8. The lowest BCUT2D eigenvalue weighted by molar-refractivity contribution is 0.774. The van der Waals surface area contributed by atoms with Crippen molar-refractivity contribution in [3.05, 3.63) is 40.8 Å². The summed E-state index contributed by atoms with van der Waals surface area (Å²) in [6, 6.07) is 3.58. The topological polar surface area (TPSA) is 63.6 Å². The van der Waals surface area contributed by atoms with Gasteiger partial charge < -0.3 is 5.32 Å². The summed E-state index contributed by atoms with van der Waals surface area (Å²) in [6.07, 6.45) is 1.74. The highest BCUT2D eigenvalue weighted by molar-refractivity contribution is 6.29. The van der Waals surface area contributed by atoms with Gasteiger partial charge in [0, 0.05) is 18.2 Å². The number of nitrogens with zero attached hydrogens (tertiary/aromatic N) is 4. The fourth-order valence-electron chi connectivity index (χ4n) is 1.57. The van der Waals surface area contributed by atoms with Gasteiger partial charge in [-0.25, -0.2) is 19.9 Å². The lowest BCUT2D eigenvalue weighted by atomic mass is 10.2. The molecule has 0 aliphatic heterocycles. The number of hydrogen-bond donors (Lipinski definition) is 1. The molecule has 0 spiro atoms. The van der Waals surface area contributed by atoms with Gasteiger partial charge in [-0.15, -0.1) is 0 Å². The predicted octanol–water partition coefficient (Wildman–Crippen LogP) is 2.96. The van der Waals surface area contributed by atoms with Crippen LogP contribution in [0.1, 0.15) is 37.1 Å². The van der Waals surface area contributed by atoms with Crippen molar-refractivity contribution in [2.45, 2.75) is 33.2 Å². The fraction of sp³-hybridized carbons (Fsp3) is 0.385. The van der Waals surface area contributed by atoms with Gasteiger partial charge in [0.2, 0.25) is 0 Å². The summed E-state index contributed by atoms with van der Waals surface area (Å²) in [7, 11) is 0. The summed E-state index contributed by atoms with van der Waals surface area (Å²) >= 11 is 5.98. The van der Waals surface area contributed by atoms with Crippen molar-refractivity contribution in [2.24, 2.45) is 0 Å². The minimum absolute atomic E-state index is 0.237. The van der Waals surface area contributed by atoms with Crippen LogP contribution < -0.4 is 5.32 Å². The normalized spacial score (nSPS) is 10.8. The van der Waals surface area contributed by atoms with Gasteiger partial charge >= 0.3 is 0 Å². The first-order valence-electron chi connectivity index (χ1n) is 6.11. The molecule has 100 valence electrons. The van der Waals surface area contributed by atoms with E-state index in [-0.39, 0.29) is 5.92 Å². The minimum atomic E-state index is 0.237. The first kappa shape index (κ1) is 13.7. The van der Waals surface area contributed by atoms with Crippen molar-refractivity contribution >= 4 is 17.4 Å². The van der Waals surface area contributed by atoms with E-state index in [4.69, 9.17) is 11.6 Å². The van der Waals surface area contributed by atoms with Crippen molar-refractivity contribution in [1.29, 1.82) is 0 Å². The molecule has 0 radical (unpaired) electrons. The Labute approximate surface area is 117 Å². The van der Waals surface area contributed by atoms with Crippen LogP contribution in [0.15, 0.2) is 18.3 Å². The molecule has 19 heavy (non-hydrogen) atoms. The van der Waals surface area contributed by atoms with Crippen LogP contribution in [0.2, 0.25) is 5.15 Å². The van der Waals surface area contributed by atoms with Gasteiger partial charge in [-0.1, -0.05) is 25.4 Å². The van der Waals surface area contributed by atoms with Gasteiger partial charge in [0.15, 0.2) is 0 Å². The number of rotatable bonds is 4. The SMILES string of the molecule is Cc1nccc(CNc2cc(Cl)nc(C(C)C)n2)n1. The fourth-order valence-corrected chi connectivity index (χ4v) is 1.76. The van der Waals surface area contributed by atoms with Gasteiger partial charge in [-0.05, 0) is 13.0 Å². The Kier molecular flexibility index (Phi) is 4.27. The number of halogens is 1. The Balaban J connectivity index is 2.11. The largest absolute Gasteiger partial charge is 0.364 e. The van der Waals surface area contributed by atoms with E-state index in [1.807, 2.05) is 26.8 Å². The van der Waals surface area contributed by atoms with E-state index < -0.39 is 0 Å². The zero-order valence-corrected chi connectivity index (χ0v) is 11.9. The van der Waals surface area contributed by atoms with E-state index in [2.05, 4.69) is 25.3 Å². The summed E-state index contributed by atoms with van der Waals surface area (Å²) < 4.78 is 0. The molecule has 2 rings (SSSR count). The van der Waals surface area contributed by atoms with E-state index in [9.17, 15) is 0 Å². The molecule has 0 saturated carbocycles. The summed E-state index contributed by atoms with van der Waals surface area (Å²) in [4.78, 5) is 17.0. The van der Waals surface area contributed by atoms with Crippen LogP contribution in [0, 0.1) is 6.92 Å². The van der Waals surface area contributed by atoms with Gasteiger partial charge in [0.05, 0.1) is 12.2 Å². The van der Waals surface area contributed by atoms with Crippen LogP contribution in [0.4, 0.5) is 5.82 Å². The van der Waals surface area contributed by atoms with Crippen LogP contribution in [-0.4, -0.2) is 19.9 Å². The Morgan fingerprint density at radius 2 is 2.05 bits per heavy atom. The number of hydrogen-bond acceptors (Lipinski definition) is 5. The molecule has 0 atom stereocenters. The van der Waals surface area contributed by atoms with E-state index >= 15 is 0 Å². The summed E-state index contributed by atoms with van der Waals surface area (Å²) in [5, 5.41) is 3.64. The molecule has 0 fully saturated rings. The summed E-state index contributed by atoms with van der Waals surface area (Å²) in [6.45, 7) is 6.50. The molecule has 2 aromatic rings. The maximum atomic E-state index is 5.98. The molecule has 0 unspecified atom stereocenters. The smallest absolute Gasteiger partial charge is 0.135 e. The molecular weight excluding hydrogens is 262 g/mol. The standard InChI is InChI=1S/C13H16ClN5/c1-8(2)13-18-11(14)6-12(19-13)16-7-10-4-5-15-9(3)17-10/h4-6,8H,7H2,1-3H3,(H,16,18,19). The number of aryl methyl sites for hydroxylation is 1. The van der Waals surface area contributed by atoms with Crippen LogP contribution in [0.25, 0.3) is 0 Å². The molecule has 2 heterocycles. The molecule has 0 saturated heterocycles. The monoisotopic (exact) mass is 277 g/mol. The Hall–Kier alpha value is -1.75. The van der Waals surface area contributed by atoms with Crippen LogP contribution >= 0.6 is 11.6 Å². The van der Waals surface area contributed by atoms with Crippen molar-refractivity contribution in [3.63, 3.8) is 0 Å². The van der Waals surface area contributed by atoms with Gasteiger partial charge in [0.1, 0.15) is 22.6 Å². The molecule has 0 amide bonds. The summed E-state index contributed by atoms with van der Waals surface area (Å²) in [5.74, 6) is 2.43. The predicted molar refractivity (Wildman–Crippen MR) is 75.2 cm³/mol. The third kappa shape index (κ3) is 3.86. The quantitative estimate of drug-likeness (QED) is 0.871. The molecule has 1 N–H and O–H groups in total.